The first-order valence-electron chi connectivity index (χ1n) is 12.1. The van der Waals surface area contributed by atoms with E-state index in [0.717, 1.165) is 11.1 Å². The maximum Gasteiger partial charge on any atom is 0.338 e. The summed E-state index contributed by atoms with van der Waals surface area (Å²) in [6.07, 6.45) is 1.31. The third kappa shape index (κ3) is 5.42. The van der Waals surface area contributed by atoms with Crippen LogP contribution in [0.4, 0.5) is 5.69 Å². The zero-order valence-corrected chi connectivity index (χ0v) is 21.4. The highest BCUT2D eigenvalue weighted by Gasteiger charge is 2.42. The van der Waals surface area contributed by atoms with Gasteiger partial charge in [0.25, 0.3) is 5.91 Å². The number of ether oxygens (including phenoxy) is 1. The van der Waals surface area contributed by atoms with Crippen molar-refractivity contribution in [1.82, 2.24) is 5.32 Å². The second kappa shape index (κ2) is 11.0. The van der Waals surface area contributed by atoms with Crippen LogP contribution in [0.3, 0.4) is 0 Å². The lowest BCUT2D eigenvalue weighted by Gasteiger charge is -2.35. The normalized spacial score (nSPS) is 17.2. The lowest BCUT2D eigenvalue weighted by Crippen LogP contribution is -2.51. The summed E-state index contributed by atoms with van der Waals surface area (Å²) in [5.41, 5.74) is 2.87. The predicted octanol–water partition coefficient (Wildman–Crippen LogP) is 5.52. The van der Waals surface area contributed by atoms with Gasteiger partial charge in [0.1, 0.15) is 0 Å². The predicted molar refractivity (Wildman–Crippen MR) is 142 cm³/mol. The molecule has 7 nitrogen and oxygen atoms in total. The van der Waals surface area contributed by atoms with Crippen molar-refractivity contribution in [1.29, 1.82) is 0 Å². The van der Waals surface area contributed by atoms with E-state index < -0.39 is 11.4 Å². The Kier molecular flexibility index (Phi) is 7.74. The van der Waals surface area contributed by atoms with E-state index >= 15 is 0 Å². The fourth-order valence-electron chi connectivity index (χ4n) is 4.53. The first kappa shape index (κ1) is 26.1. The summed E-state index contributed by atoms with van der Waals surface area (Å²) in [6.45, 7) is 3.96. The van der Waals surface area contributed by atoms with Crippen molar-refractivity contribution < 1.29 is 23.9 Å². The molecule has 2 N–H and O–H groups in total. The van der Waals surface area contributed by atoms with Gasteiger partial charge in [0.15, 0.2) is 0 Å². The van der Waals surface area contributed by atoms with Crippen LogP contribution in [-0.2, 0) is 19.7 Å². The number of piperidine rings is 1. The van der Waals surface area contributed by atoms with E-state index in [1.807, 2.05) is 19.1 Å². The van der Waals surface area contributed by atoms with E-state index in [1.165, 1.54) is 0 Å². The van der Waals surface area contributed by atoms with Crippen molar-refractivity contribution in [2.45, 2.75) is 38.5 Å². The number of hydrogen-bond donors (Lipinski definition) is 2. The van der Waals surface area contributed by atoms with Crippen molar-refractivity contribution in [2.24, 2.45) is 0 Å². The SMILES string of the molecule is CCOC(=O)c1ccc(-c2cc(C(=O)Nc3ccc([C@@]4(CC)CCC(=O)NC4=O)cc3)ccc2Cl)cc1. The Labute approximate surface area is 220 Å². The van der Waals surface area contributed by atoms with Gasteiger partial charge in [0, 0.05) is 28.3 Å². The largest absolute Gasteiger partial charge is 0.462 e. The number of nitrogens with one attached hydrogen (secondary N) is 2. The lowest BCUT2D eigenvalue weighted by atomic mass is 9.72. The molecule has 8 heteroatoms. The van der Waals surface area contributed by atoms with E-state index in [0.29, 0.717) is 53.3 Å². The number of amides is 3. The summed E-state index contributed by atoms with van der Waals surface area (Å²) in [4.78, 5) is 49.2. The van der Waals surface area contributed by atoms with Crippen LogP contribution in [0.1, 0.15) is 59.4 Å². The van der Waals surface area contributed by atoms with Gasteiger partial charge in [-0.15, -0.1) is 0 Å². The van der Waals surface area contributed by atoms with E-state index in [-0.39, 0.29) is 17.7 Å². The quantitative estimate of drug-likeness (QED) is 0.317. The highest BCUT2D eigenvalue weighted by atomic mass is 35.5. The van der Waals surface area contributed by atoms with Crippen molar-refractivity contribution in [3.8, 4) is 11.1 Å². The molecule has 1 atom stereocenters. The molecule has 1 fully saturated rings. The number of esters is 1. The molecule has 0 aromatic heterocycles. The third-order valence-corrected chi connectivity index (χ3v) is 7.03. The summed E-state index contributed by atoms with van der Waals surface area (Å²) in [5.74, 6) is -1.26. The summed E-state index contributed by atoms with van der Waals surface area (Å²) in [6, 6.07) is 18.9. The van der Waals surface area contributed by atoms with Crippen LogP contribution in [0.25, 0.3) is 11.1 Å². The van der Waals surface area contributed by atoms with E-state index in [9.17, 15) is 19.2 Å². The average molecular weight is 519 g/mol. The van der Waals surface area contributed by atoms with Crippen molar-refractivity contribution >= 4 is 41.0 Å². The number of anilines is 1. The maximum absolute atomic E-state index is 13.0. The van der Waals surface area contributed by atoms with Crippen LogP contribution in [-0.4, -0.2) is 30.3 Å². The van der Waals surface area contributed by atoms with Gasteiger partial charge in [-0.3, -0.25) is 19.7 Å². The summed E-state index contributed by atoms with van der Waals surface area (Å²) >= 11 is 6.41. The average Bonchev–Trinajstić information content (AvgIpc) is 2.90. The Morgan fingerprint density at radius 1 is 0.973 bits per heavy atom. The summed E-state index contributed by atoms with van der Waals surface area (Å²) in [7, 11) is 0. The molecule has 4 rings (SSSR count). The number of carbonyl (C=O) groups is 4. The van der Waals surface area contributed by atoms with Crippen LogP contribution in [0.5, 0.6) is 0 Å². The first-order chi connectivity index (χ1) is 17.8. The number of rotatable bonds is 7. The van der Waals surface area contributed by atoms with E-state index in [2.05, 4.69) is 10.6 Å². The Bertz CT molecular complexity index is 1350. The van der Waals surface area contributed by atoms with Gasteiger partial charge >= 0.3 is 5.97 Å². The van der Waals surface area contributed by atoms with Crippen molar-refractivity contribution in [3.05, 3.63) is 88.4 Å². The number of benzene rings is 3. The molecule has 1 aliphatic rings. The van der Waals surface area contributed by atoms with Gasteiger partial charge < -0.3 is 10.1 Å². The number of hydrogen-bond acceptors (Lipinski definition) is 5. The van der Waals surface area contributed by atoms with Gasteiger partial charge in [0.05, 0.1) is 17.6 Å². The highest BCUT2D eigenvalue weighted by Crippen LogP contribution is 2.36. The van der Waals surface area contributed by atoms with Gasteiger partial charge in [-0.2, -0.15) is 0 Å². The van der Waals surface area contributed by atoms with Gasteiger partial charge in [-0.05, 0) is 73.4 Å². The zero-order chi connectivity index (χ0) is 26.6. The molecule has 190 valence electrons. The Morgan fingerprint density at radius 2 is 1.65 bits per heavy atom. The molecule has 0 aliphatic carbocycles. The minimum Gasteiger partial charge on any atom is -0.462 e. The monoisotopic (exact) mass is 518 g/mol. The molecule has 0 unspecified atom stereocenters. The number of imide groups is 1. The molecule has 3 amide bonds. The van der Waals surface area contributed by atoms with Crippen LogP contribution in [0.15, 0.2) is 66.7 Å². The number of carbonyl (C=O) groups excluding carboxylic acids is 4. The summed E-state index contributed by atoms with van der Waals surface area (Å²) < 4.78 is 5.02. The molecule has 0 bridgehead atoms. The lowest BCUT2D eigenvalue weighted by molar-refractivity contribution is -0.138. The third-order valence-electron chi connectivity index (χ3n) is 6.70. The van der Waals surface area contributed by atoms with Crippen LogP contribution in [0, 0.1) is 0 Å². The molecule has 0 radical (unpaired) electrons. The molecule has 1 heterocycles. The van der Waals surface area contributed by atoms with Gasteiger partial charge in [-0.1, -0.05) is 42.8 Å². The second-order valence-corrected chi connectivity index (χ2v) is 9.24. The Hall–Kier alpha value is -3.97. The minimum absolute atomic E-state index is 0.254. The van der Waals surface area contributed by atoms with Crippen molar-refractivity contribution in [3.63, 3.8) is 0 Å². The molecule has 1 saturated heterocycles. The van der Waals surface area contributed by atoms with E-state index in [4.69, 9.17) is 16.3 Å². The highest BCUT2D eigenvalue weighted by molar-refractivity contribution is 6.33. The van der Waals surface area contributed by atoms with Crippen LogP contribution in [0.2, 0.25) is 5.02 Å². The zero-order valence-electron chi connectivity index (χ0n) is 20.6. The molecule has 1 aliphatic heterocycles. The molecule has 3 aromatic carbocycles. The maximum atomic E-state index is 13.0. The number of halogens is 1. The Morgan fingerprint density at radius 3 is 2.27 bits per heavy atom. The topological polar surface area (TPSA) is 102 Å². The van der Waals surface area contributed by atoms with Crippen molar-refractivity contribution in [2.75, 3.05) is 11.9 Å². The smallest absolute Gasteiger partial charge is 0.338 e. The molecule has 0 spiro atoms. The Balaban J connectivity index is 1.51. The minimum atomic E-state index is -0.760. The van der Waals surface area contributed by atoms with Gasteiger partial charge in [-0.25, -0.2) is 4.79 Å². The fourth-order valence-corrected chi connectivity index (χ4v) is 4.76. The standard InChI is InChI=1S/C29H27ClN2O5/c1-3-29(16-15-25(33)32-28(29)36)21-10-12-22(13-11-21)31-26(34)20-9-14-24(30)23(17-20)18-5-7-19(8-6-18)27(35)37-4-2/h5-14,17H,3-4,15-16H2,1-2H3,(H,31,34)(H,32,33,36)/t29-/m1/s1. The molecule has 3 aromatic rings. The van der Waals surface area contributed by atoms with E-state index in [1.54, 1.807) is 61.5 Å². The molecule has 37 heavy (non-hydrogen) atoms. The second-order valence-electron chi connectivity index (χ2n) is 8.84. The molecular weight excluding hydrogens is 492 g/mol. The summed E-state index contributed by atoms with van der Waals surface area (Å²) in [5, 5.41) is 5.79. The molecular formula is C29H27ClN2O5. The first-order valence-corrected chi connectivity index (χ1v) is 12.5. The fraction of sp³-hybridized carbons (Fsp3) is 0.241. The molecule has 0 saturated carbocycles. The van der Waals surface area contributed by atoms with Crippen LogP contribution >= 0.6 is 11.6 Å². The van der Waals surface area contributed by atoms with Gasteiger partial charge in [0.2, 0.25) is 11.8 Å². The van der Waals surface area contributed by atoms with Crippen LogP contribution < -0.4 is 10.6 Å².